The van der Waals surface area contributed by atoms with E-state index in [-0.39, 0.29) is 18.2 Å². The summed E-state index contributed by atoms with van der Waals surface area (Å²) in [6.45, 7) is 0. The van der Waals surface area contributed by atoms with Crippen molar-refractivity contribution < 1.29 is 9.59 Å². The highest BCUT2D eigenvalue weighted by Crippen LogP contribution is 2.34. The molecule has 0 aromatic heterocycles. The summed E-state index contributed by atoms with van der Waals surface area (Å²) in [6.07, 6.45) is 0.191. The first kappa shape index (κ1) is 14.9. The molecule has 4 nitrogen and oxygen atoms in total. The van der Waals surface area contributed by atoms with Crippen molar-refractivity contribution in [2.24, 2.45) is 0 Å². The molecular formula is C16H13ClN2O2S. The Morgan fingerprint density at radius 1 is 1.05 bits per heavy atom. The zero-order chi connectivity index (χ0) is 15.7. The standard InChI is InChI=1S/C16H13ClN2O2S/c17-10-1-5-12(6-2-10)19-15(20)9-14(16(19)21)22-13-7-3-11(18)4-8-13/h1-8,14H,9,18H2. The second-order valence-electron chi connectivity index (χ2n) is 4.92. The number of rotatable bonds is 3. The Labute approximate surface area is 137 Å². The third kappa shape index (κ3) is 2.96. The van der Waals surface area contributed by atoms with Gasteiger partial charge in [0.25, 0.3) is 0 Å². The van der Waals surface area contributed by atoms with Gasteiger partial charge in [-0.05, 0) is 48.5 Å². The average Bonchev–Trinajstić information content (AvgIpc) is 2.77. The van der Waals surface area contributed by atoms with Crippen LogP contribution < -0.4 is 10.6 Å². The van der Waals surface area contributed by atoms with Crippen LogP contribution in [0.3, 0.4) is 0 Å². The van der Waals surface area contributed by atoms with Crippen molar-refractivity contribution in [2.75, 3.05) is 10.6 Å². The van der Waals surface area contributed by atoms with E-state index >= 15 is 0 Å². The van der Waals surface area contributed by atoms with Crippen LogP contribution in [0.1, 0.15) is 6.42 Å². The number of hydrogen-bond acceptors (Lipinski definition) is 4. The van der Waals surface area contributed by atoms with E-state index in [1.165, 1.54) is 16.7 Å². The lowest BCUT2D eigenvalue weighted by Gasteiger charge is -2.15. The van der Waals surface area contributed by atoms with Gasteiger partial charge in [-0.1, -0.05) is 11.6 Å². The van der Waals surface area contributed by atoms with Gasteiger partial charge >= 0.3 is 0 Å². The number of nitrogen functional groups attached to an aromatic ring is 1. The SMILES string of the molecule is Nc1ccc(SC2CC(=O)N(c3ccc(Cl)cc3)C2=O)cc1. The molecule has 0 spiro atoms. The molecule has 1 atom stereocenters. The molecule has 1 unspecified atom stereocenters. The van der Waals surface area contributed by atoms with E-state index in [9.17, 15) is 9.59 Å². The maximum atomic E-state index is 12.5. The summed E-state index contributed by atoms with van der Waals surface area (Å²) in [5, 5.41) is 0.155. The molecule has 2 amide bonds. The molecule has 0 bridgehead atoms. The summed E-state index contributed by atoms with van der Waals surface area (Å²) < 4.78 is 0. The highest BCUT2D eigenvalue weighted by atomic mass is 35.5. The van der Waals surface area contributed by atoms with Crippen LogP contribution in [-0.2, 0) is 9.59 Å². The van der Waals surface area contributed by atoms with Crippen LogP contribution in [0.2, 0.25) is 5.02 Å². The van der Waals surface area contributed by atoms with E-state index < -0.39 is 5.25 Å². The second kappa shape index (κ2) is 6.02. The van der Waals surface area contributed by atoms with E-state index in [4.69, 9.17) is 17.3 Å². The van der Waals surface area contributed by atoms with Gasteiger partial charge in [-0.25, -0.2) is 4.90 Å². The van der Waals surface area contributed by atoms with Crippen molar-refractivity contribution in [1.29, 1.82) is 0 Å². The molecule has 6 heteroatoms. The molecule has 1 saturated heterocycles. The number of amides is 2. The molecule has 3 rings (SSSR count). The van der Waals surface area contributed by atoms with Crippen LogP contribution in [0.5, 0.6) is 0 Å². The molecule has 2 aromatic carbocycles. The zero-order valence-electron chi connectivity index (χ0n) is 11.5. The third-order valence-corrected chi connectivity index (χ3v) is 4.80. The first-order valence-corrected chi connectivity index (χ1v) is 7.95. The van der Waals surface area contributed by atoms with Crippen LogP contribution in [0.15, 0.2) is 53.4 Å². The maximum absolute atomic E-state index is 12.5. The first-order valence-electron chi connectivity index (χ1n) is 6.69. The lowest BCUT2D eigenvalue weighted by molar-refractivity contribution is -0.121. The Morgan fingerprint density at radius 3 is 2.32 bits per heavy atom. The normalized spacial score (nSPS) is 18.0. The second-order valence-corrected chi connectivity index (χ2v) is 6.64. The molecule has 1 aliphatic rings. The first-order chi connectivity index (χ1) is 10.5. The number of nitrogens with zero attached hydrogens (tertiary/aromatic N) is 1. The summed E-state index contributed by atoms with van der Waals surface area (Å²) in [4.78, 5) is 26.8. The molecule has 0 aliphatic carbocycles. The van der Waals surface area contributed by atoms with Crippen LogP contribution in [0.4, 0.5) is 11.4 Å². The summed E-state index contributed by atoms with van der Waals surface area (Å²) in [5.41, 5.74) is 6.87. The lowest BCUT2D eigenvalue weighted by atomic mass is 10.3. The van der Waals surface area contributed by atoms with Gasteiger partial charge in [0.15, 0.2) is 0 Å². The molecule has 2 aromatic rings. The lowest BCUT2D eigenvalue weighted by Crippen LogP contribution is -2.31. The number of imide groups is 1. The van der Waals surface area contributed by atoms with Crippen LogP contribution in [0.25, 0.3) is 0 Å². The van der Waals surface area contributed by atoms with E-state index in [0.717, 1.165) is 4.90 Å². The van der Waals surface area contributed by atoms with Crippen molar-refractivity contribution in [3.8, 4) is 0 Å². The molecule has 22 heavy (non-hydrogen) atoms. The molecule has 1 heterocycles. The van der Waals surface area contributed by atoms with E-state index in [1.807, 2.05) is 12.1 Å². The number of nitrogens with two attached hydrogens (primary N) is 1. The van der Waals surface area contributed by atoms with E-state index in [0.29, 0.717) is 16.4 Å². The Hall–Kier alpha value is -1.98. The maximum Gasteiger partial charge on any atom is 0.247 e. The number of halogens is 1. The Bertz CT molecular complexity index is 716. The van der Waals surface area contributed by atoms with Crippen LogP contribution in [-0.4, -0.2) is 17.1 Å². The van der Waals surface area contributed by atoms with Crippen molar-refractivity contribution in [3.63, 3.8) is 0 Å². The highest BCUT2D eigenvalue weighted by Gasteiger charge is 2.40. The van der Waals surface area contributed by atoms with E-state index in [1.54, 1.807) is 36.4 Å². The van der Waals surface area contributed by atoms with Crippen molar-refractivity contribution in [3.05, 3.63) is 53.6 Å². The molecule has 112 valence electrons. The van der Waals surface area contributed by atoms with Gasteiger partial charge in [-0.3, -0.25) is 9.59 Å². The number of anilines is 2. The average molecular weight is 333 g/mol. The van der Waals surface area contributed by atoms with Crippen molar-refractivity contribution in [1.82, 2.24) is 0 Å². The molecule has 1 fully saturated rings. The van der Waals surface area contributed by atoms with Crippen LogP contribution >= 0.6 is 23.4 Å². The highest BCUT2D eigenvalue weighted by molar-refractivity contribution is 8.00. The number of carbonyl (C=O) groups is 2. The van der Waals surface area contributed by atoms with Gasteiger partial charge in [-0.15, -0.1) is 11.8 Å². The Kier molecular flexibility index (Phi) is 4.09. The van der Waals surface area contributed by atoms with Gasteiger partial charge < -0.3 is 5.73 Å². The molecule has 1 aliphatic heterocycles. The minimum absolute atomic E-state index is 0.191. The van der Waals surface area contributed by atoms with E-state index in [2.05, 4.69) is 0 Å². The van der Waals surface area contributed by atoms with Gasteiger partial charge in [0.05, 0.1) is 10.9 Å². The smallest absolute Gasteiger partial charge is 0.247 e. The third-order valence-electron chi connectivity index (χ3n) is 3.35. The quantitative estimate of drug-likeness (QED) is 0.691. The zero-order valence-corrected chi connectivity index (χ0v) is 13.1. The van der Waals surface area contributed by atoms with Crippen LogP contribution in [0, 0.1) is 0 Å². The monoisotopic (exact) mass is 332 g/mol. The fraction of sp³-hybridized carbons (Fsp3) is 0.125. The molecule has 0 saturated carbocycles. The van der Waals surface area contributed by atoms with Gasteiger partial charge in [0.2, 0.25) is 11.8 Å². The molecule has 2 N–H and O–H groups in total. The Balaban J connectivity index is 1.79. The summed E-state index contributed by atoms with van der Waals surface area (Å²) in [7, 11) is 0. The fourth-order valence-corrected chi connectivity index (χ4v) is 3.45. The summed E-state index contributed by atoms with van der Waals surface area (Å²) in [5.74, 6) is -0.394. The molecular weight excluding hydrogens is 320 g/mol. The fourth-order valence-electron chi connectivity index (χ4n) is 2.27. The summed E-state index contributed by atoms with van der Waals surface area (Å²) >= 11 is 7.22. The predicted molar refractivity (Wildman–Crippen MR) is 89.1 cm³/mol. The largest absolute Gasteiger partial charge is 0.399 e. The van der Waals surface area contributed by atoms with Crippen molar-refractivity contribution >= 4 is 46.6 Å². The van der Waals surface area contributed by atoms with Gasteiger partial charge in [-0.2, -0.15) is 0 Å². The predicted octanol–water partition coefficient (Wildman–Crippen LogP) is 3.35. The minimum Gasteiger partial charge on any atom is -0.399 e. The minimum atomic E-state index is -0.410. The van der Waals surface area contributed by atoms with Crippen molar-refractivity contribution in [2.45, 2.75) is 16.6 Å². The number of carbonyl (C=O) groups excluding carboxylic acids is 2. The number of hydrogen-bond donors (Lipinski definition) is 1. The van der Waals surface area contributed by atoms with Gasteiger partial charge in [0, 0.05) is 22.0 Å². The summed E-state index contributed by atoms with van der Waals surface area (Å²) in [6, 6.07) is 13.9. The topological polar surface area (TPSA) is 63.4 Å². The number of thioether (sulfide) groups is 1. The van der Waals surface area contributed by atoms with Gasteiger partial charge in [0.1, 0.15) is 0 Å². The Morgan fingerprint density at radius 2 is 1.68 bits per heavy atom. The molecule has 0 radical (unpaired) electrons. The number of benzene rings is 2.